The summed E-state index contributed by atoms with van der Waals surface area (Å²) in [5.74, 6) is -0.183. The molecule has 2 rings (SSSR count). The van der Waals surface area contributed by atoms with Crippen LogP contribution in [0.4, 0.5) is 5.69 Å². The van der Waals surface area contributed by atoms with Gasteiger partial charge in [-0.3, -0.25) is 9.59 Å². The number of rotatable bonds is 5. The van der Waals surface area contributed by atoms with Gasteiger partial charge in [-0.15, -0.1) is 0 Å². The summed E-state index contributed by atoms with van der Waals surface area (Å²) >= 11 is 0. The second-order valence-corrected chi connectivity index (χ2v) is 6.20. The van der Waals surface area contributed by atoms with Crippen molar-refractivity contribution in [3.05, 3.63) is 23.8 Å². The van der Waals surface area contributed by atoms with Gasteiger partial charge >= 0.3 is 5.97 Å². The van der Waals surface area contributed by atoms with Crippen LogP contribution >= 0.6 is 0 Å². The van der Waals surface area contributed by atoms with Crippen LogP contribution in [0.5, 0.6) is 5.75 Å². The van der Waals surface area contributed by atoms with Crippen LogP contribution in [0.1, 0.15) is 38.7 Å². The molecule has 0 N–H and O–H groups in total. The van der Waals surface area contributed by atoms with Crippen molar-refractivity contribution in [2.75, 3.05) is 32.1 Å². The molecule has 1 aliphatic heterocycles. The number of esters is 1. The summed E-state index contributed by atoms with van der Waals surface area (Å²) in [4.78, 5) is 28.0. The topological polar surface area (TPSA) is 49.9 Å². The summed E-state index contributed by atoms with van der Waals surface area (Å²) in [6.45, 7) is 7.99. The average molecular weight is 318 g/mol. The number of anilines is 1. The highest BCUT2D eigenvalue weighted by atomic mass is 16.5. The molecular formula is C18H26N2O3. The number of benzene rings is 1. The number of ether oxygens (including phenoxy) is 1. The Bertz CT molecular complexity index is 594. The molecule has 1 aromatic rings. The molecule has 1 heterocycles. The third-order valence-corrected chi connectivity index (χ3v) is 4.63. The van der Waals surface area contributed by atoms with Crippen molar-refractivity contribution >= 4 is 17.6 Å². The number of carbonyl (C=O) groups is 2. The zero-order valence-electron chi connectivity index (χ0n) is 14.6. The smallest absolute Gasteiger partial charge is 0.315 e. The summed E-state index contributed by atoms with van der Waals surface area (Å²) < 4.78 is 5.54. The highest BCUT2D eigenvalue weighted by Gasteiger charge is 2.36. The lowest BCUT2D eigenvalue weighted by Crippen LogP contribution is -2.35. The Kier molecular flexibility index (Phi) is 5.29. The Morgan fingerprint density at radius 1 is 1.22 bits per heavy atom. The minimum absolute atomic E-state index is 0.0269. The second-order valence-electron chi connectivity index (χ2n) is 6.20. The molecule has 0 radical (unpaired) electrons. The highest BCUT2D eigenvalue weighted by molar-refractivity contribution is 5.86. The number of amides is 1. The molecule has 2 atom stereocenters. The van der Waals surface area contributed by atoms with E-state index in [1.54, 1.807) is 14.1 Å². The third kappa shape index (κ3) is 3.49. The van der Waals surface area contributed by atoms with Gasteiger partial charge in [-0.2, -0.15) is 0 Å². The van der Waals surface area contributed by atoms with Crippen molar-refractivity contribution in [3.8, 4) is 5.75 Å². The van der Waals surface area contributed by atoms with Gasteiger partial charge in [-0.1, -0.05) is 13.0 Å². The SMILES string of the molecule is CCN(CC)c1ccc2c(c1)OC(=O)C(CC(=O)N(C)C)C2C. The van der Waals surface area contributed by atoms with E-state index < -0.39 is 5.92 Å². The van der Waals surface area contributed by atoms with E-state index in [9.17, 15) is 9.59 Å². The molecule has 1 amide bonds. The Hall–Kier alpha value is -2.04. The maximum Gasteiger partial charge on any atom is 0.315 e. The minimum Gasteiger partial charge on any atom is -0.426 e. The molecular weight excluding hydrogens is 292 g/mol. The maximum atomic E-state index is 12.3. The van der Waals surface area contributed by atoms with E-state index in [-0.39, 0.29) is 24.2 Å². The molecule has 0 saturated heterocycles. The van der Waals surface area contributed by atoms with Crippen molar-refractivity contribution in [2.24, 2.45) is 5.92 Å². The summed E-state index contributed by atoms with van der Waals surface area (Å²) in [6, 6.07) is 6.01. The molecule has 0 bridgehead atoms. The Balaban J connectivity index is 2.28. The zero-order valence-corrected chi connectivity index (χ0v) is 14.6. The van der Waals surface area contributed by atoms with E-state index in [4.69, 9.17) is 4.74 Å². The first-order valence-corrected chi connectivity index (χ1v) is 8.19. The summed E-state index contributed by atoms with van der Waals surface area (Å²) in [5, 5.41) is 0. The first-order chi connectivity index (χ1) is 10.9. The van der Waals surface area contributed by atoms with E-state index in [0.29, 0.717) is 5.75 Å². The molecule has 0 fully saturated rings. The van der Waals surface area contributed by atoms with Gasteiger partial charge in [0.25, 0.3) is 0 Å². The van der Waals surface area contributed by atoms with Crippen LogP contribution < -0.4 is 9.64 Å². The van der Waals surface area contributed by atoms with Crippen molar-refractivity contribution in [1.29, 1.82) is 0 Å². The van der Waals surface area contributed by atoms with Crippen LogP contribution in [0.15, 0.2) is 18.2 Å². The molecule has 5 nitrogen and oxygen atoms in total. The molecule has 1 aromatic carbocycles. The number of fused-ring (bicyclic) bond motifs is 1. The predicted molar refractivity (Wildman–Crippen MR) is 90.9 cm³/mol. The number of hydrogen-bond donors (Lipinski definition) is 0. The molecule has 23 heavy (non-hydrogen) atoms. The Morgan fingerprint density at radius 3 is 2.43 bits per heavy atom. The number of hydrogen-bond acceptors (Lipinski definition) is 4. The molecule has 0 saturated carbocycles. The zero-order chi connectivity index (χ0) is 17.1. The quantitative estimate of drug-likeness (QED) is 0.618. The molecule has 2 unspecified atom stereocenters. The number of nitrogens with zero attached hydrogens (tertiary/aromatic N) is 2. The van der Waals surface area contributed by atoms with Crippen LogP contribution in [0.25, 0.3) is 0 Å². The summed E-state index contributed by atoms with van der Waals surface area (Å²) in [6.07, 6.45) is 0.185. The maximum absolute atomic E-state index is 12.3. The van der Waals surface area contributed by atoms with Crippen LogP contribution in [-0.2, 0) is 9.59 Å². The van der Waals surface area contributed by atoms with Gasteiger partial charge < -0.3 is 14.5 Å². The van der Waals surface area contributed by atoms with Gasteiger partial charge in [0.15, 0.2) is 0 Å². The Labute approximate surface area is 138 Å². The lowest BCUT2D eigenvalue weighted by atomic mass is 9.82. The van der Waals surface area contributed by atoms with E-state index in [1.807, 2.05) is 19.1 Å². The molecule has 0 aromatic heterocycles. The summed E-state index contributed by atoms with van der Waals surface area (Å²) in [5.41, 5.74) is 2.05. The minimum atomic E-state index is -0.420. The van der Waals surface area contributed by atoms with E-state index in [0.717, 1.165) is 24.3 Å². The number of carbonyl (C=O) groups excluding carboxylic acids is 2. The molecule has 0 aliphatic carbocycles. The molecule has 0 spiro atoms. The first kappa shape index (κ1) is 17.3. The molecule has 126 valence electrons. The monoisotopic (exact) mass is 318 g/mol. The predicted octanol–water partition coefficient (Wildman–Crippen LogP) is 2.65. The van der Waals surface area contributed by atoms with Crippen molar-refractivity contribution in [2.45, 2.75) is 33.1 Å². The second kappa shape index (κ2) is 7.02. The van der Waals surface area contributed by atoms with Crippen LogP contribution in [0.2, 0.25) is 0 Å². The van der Waals surface area contributed by atoms with Gasteiger partial charge in [0.1, 0.15) is 5.75 Å². The summed E-state index contributed by atoms with van der Waals surface area (Å²) in [7, 11) is 3.40. The lowest BCUT2D eigenvalue weighted by Gasteiger charge is -2.31. The van der Waals surface area contributed by atoms with Gasteiger partial charge in [-0.05, 0) is 31.4 Å². The van der Waals surface area contributed by atoms with Gasteiger partial charge in [0.05, 0.1) is 5.92 Å². The highest BCUT2D eigenvalue weighted by Crippen LogP contribution is 2.40. The van der Waals surface area contributed by atoms with Crippen LogP contribution in [0.3, 0.4) is 0 Å². The van der Waals surface area contributed by atoms with E-state index in [2.05, 4.69) is 24.8 Å². The fourth-order valence-corrected chi connectivity index (χ4v) is 3.01. The van der Waals surface area contributed by atoms with Crippen molar-refractivity contribution in [3.63, 3.8) is 0 Å². The van der Waals surface area contributed by atoms with Gasteiger partial charge in [0.2, 0.25) is 5.91 Å². The lowest BCUT2D eigenvalue weighted by molar-refractivity contribution is -0.145. The van der Waals surface area contributed by atoms with Crippen LogP contribution in [-0.4, -0.2) is 44.0 Å². The van der Waals surface area contributed by atoms with Gasteiger partial charge in [0, 0.05) is 45.4 Å². The standard InChI is InChI=1S/C18H26N2O3/c1-6-20(7-2)13-8-9-14-12(3)15(11-17(21)19(4)5)18(22)23-16(14)10-13/h8-10,12,15H,6-7,11H2,1-5H3. The van der Waals surface area contributed by atoms with E-state index >= 15 is 0 Å². The van der Waals surface area contributed by atoms with Gasteiger partial charge in [-0.25, -0.2) is 0 Å². The largest absolute Gasteiger partial charge is 0.426 e. The normalized spacial score (nSPS) is 19.8. The molecule has 5 heteroatoms. The van der Waals surface area contributed by atoms with Crippen molar-refractivity contribution in [1.82, 2.24) is 4.90 Å². The fourth-order valence-electron chi connectivity index (χ4n) is 3.01. The fraction of sp³-hybridized carbons (Fsp3) is 0.556. The van der Waals surface area contributed by atoms with E-state index in [1.165, 1.54) is 4.90 Å². The van der Waals surface area contributed by atoms with Crippen LogP contribution in [0, 0.1) is 5.92 Å². The third-order valence-electron chi connectivity index (χ3n) is 4.63. The Morgan fingerprint density at radius 2 is 1.87 bits per heavy atom. The first-order valence-electron chi connectivity index (χ1n) is 8.19. The average Bonchev–Trinajstić information content (AvgIpc) is 2.52. The molecule has 1 aliphatic rings. The van der Waals surface area contributed by atoms with Crippen molar-refractivity contribution < 1.29 is 14.3 Å².